The van der Waals surface area contributed by atoms with Crippen LogP contribution >= 0.6 is 0 Å². The van der Waals surface area contributed by atoms with E-state index >= 15 is 0 Å². The van der Waals surface area contributed by atoms with Gasteiger partial charge in [0.1, 0.15) is 5.75 Å². The molecule has 0 amide bonds. The Morgan fingerprint density at radius 3 is 2.41 bits per heavy atom. The van der Waals surface area contributed by atoms with Crippen LogP contribution in [0.25, 0.3) is 0 Å². The monoisotopic (exact) mass is 374 g/mol. The van der Waals surface area contributed by atoms with Crippen LogP contribution in [0.3, 0.4) is 0 Å². The molecule has 1 N–H and O–H groups in total. The van der Waals surface area contributed by atoms with Gasteiger partial charge in [-0.25, -0.2) is 0 Å². The average molecular weight is 375 g/mol. The zero-order chi connectivity index (χ0) is 19.4. The third-order valence-corrected chi connectivity index (χ3v) is 6.53. The van der Waals surface area contributed by atoms with Crippen molar-refractivity contribution in [2.75, 3.05) is 46.4 Å². The van der Waals surface area contributed by atoms with Crippen molar-refractivity contribution < 1.29 is 9.84 Å². The van der Waals surface area contributed by atoms with Gasteiger partial charge in [0.05, 0.1) is 7.11 Å². The highest BCUT2D eigenvalue weighted by Gasteiger charge is 2.33. The SMILES string of the molecule is COc1cc(C)c(CN2C[C@@H](CN3CCCCC3)[C@@H](CO)C2)cc1C(C)C. The highest BCUT2D eigenvalue weighted by Crippen LogP contribution is 2.32. The number of methoxy groups -OCH3 is 1. The lowest BCUT2D eigenvalue weighted by Gasteiger charge is -2.30. The van der Waals surface area contributed by atoms with E-state index in [9.17, 15) is 5.11 Å². The summed E-state index contributed by atoms with van der Waals surface area (Å²) in [7, 11) is 1.76. The molecule has 1 aromatic carbocycles. The summed E-state index contributed by atoms with van der Waals surface area (Å²) in [5.74, 6) is 2.46. The zero-order valence-electron chi connectivity index (χ0n) is 17.7. The van der Waals surface area contributed by atoms with E-state index in [2.05, 4.69) is 42.7 Å². The Hall–Kier alpha value is -1.10. The van der Waals surface area contributed by atoms with Crippen LogP contribution in [0.5, 0.6) is 5.75 Å². The molecule has 0 bridgehead atoms. The van der Waals surface area contributed by atoms with Gasteiger partial charge in [0.15, 0.2) is 0 Å². The van der Waals surface area contributed by atoms with E-state index in [4.69, 9.17) is 4.74 Å². The zero-order valence-corrected chi connectivity index (χ0v) is 17.7. The highest BCUT2D eigenvalue weighted by atomic mass is 16.5. The molecule has 4 nitrogen and oxygen atoms in total. The van der Waals surface area contributed by atoms with Crippen molar-refractivity contribution in [3.63, 3.8) is 0 Å². The summed E-state index contributed by atoms with van der Waals surface area (Å²) in [5.41, 5.74) is 3.99. The third kappa shape index (κ3) is 5.04. The molecule has 27 heavy (non-hydrogen) atoms. The molecule has 0 radical (unpaired) electrons. The summed E-state index contributed by atoms with van der Waals surface area (Å²) in [6.07, 6.45) is 4.05. The summed E-state index contributed by atoms with van der Waals surface area (Å²) >= 11 is 0. The lowest BCUT2D eigenvalue weighted by Crippen LogP contribution is -2.37. The second kappa shape index (κ2) is 9.40. The van der Waals surface area contributed by atoms with Gasteiger partial charge in [0, 0.05) is 32.8 Å². The Balaban J connectivity index is 1.67. The van der Waals surface area contributed by atoms with Crippen molar-refractivity contribution in [1.29, 1.82) is 0 Å². The number of aliphatic hydroxyl groups excluding tert-OH is 1. The van der Waals surface area contributed by atoms with E-state index in [1.165, 1.54) is 49.0 Å². The highest BCUT2D eigenvalue weighted by molar-refractivity contribution is 5.44. The molecule has 0 unspecified atom stereocenters. The summed E-state index contributed by atoms with van der Waals surface area (Å²) in [5, 5.41) is 9.93. The second-order valence-electron chi connectivity index (χ2n) is 8.93. The number of ether oxygens (including phenoxy) is 1. The average Bonchev–Trinajstić information content (AvgIpc) is 3.05. The number of benzene rings is 1. The number of hydrogen-bond donors (Lipinski definition) is 1. The van der Waals surface area contributed by atoms with Crippen LogP contribution in [-0.2, 0) is 6.54 Å². The lowest BCUT2D eigenvalue weighted by molar-refractivity contribution is 0.149. The second-order valence-corrected chi connectivity index (χ2v) is 8.93. The van der Waals surface area contributed by atoms with Gasteiger partial charge in [0.2, 0.25) is 0 Å². The van der Waals surface area contributed by atoms with Gasteiger partial charge in [-0.05, 0) is 73.4 Å². The Kier molecular flexibility index (Phi) is 7.18. The van der Waals surface area contributed by atoms with E-state index in [0.29, 0.717) is 24.4 Å². The molecule has 3 rings (SSSR count). The largest absolute Gasteiger partial charge is 0.496 e. The van der Waals surface area contributed by atoms with Crippen LogP contribution in [0.1, 0.15) is 55.7 Å². The molecular weight excluding hydrogens is 336 g/mol. The van der Waals surface area contributed by atoms with Gasteiger partial charge >= 0.3 is 0 Å². The lowest BCUT2D eigenvalue weighted by atomic mass is 9.95. The van der Waals surface area contributed by atoms with Crippen molar-refractivity contribution in [2.45, 2.75) is 52.5 Å². The summed E-state index contributed by atoms with van der Waals surface area (Å²) in [6.45, 7) is 13.7. The number of piperidine rings is 1. The summed E-state index contributed by atoms with van der Waals surface area (Å²) < 4.78 is 5.60. The maximum absolute atomic E-state index is 9.93. The topological polar surface area (TPSA) is 35.9 Å². The van der Waals surface area contributed by atoms with Crippen LogP contribution < -0.4 is 4.74 Å². The number of rotatable bonds is 7. The molecule has 0 aliphatic carbocycles. The van der Waals surface area contributed by atoms with Gasteiger partial charge in [-0.2, -0.15) is 0 Å². The van der Waals surface area contributed by atoms with Gasteiger partial charge in [-0.1, -0.05) is 26.3 Å². The molecule has 1 aromatic rings. The van der Waals surface area contributed by atoms with Gasteiger partial charge in [-0.3, -0.25) is 4.90 Å². The standard InChI is InChI=1S/C23H38N2O2/c1-17(2)22-11-19(18(3)10-23(22)27-4)12-25-14-20(21(15-25)16-26)13-24-8-6-5-7-9-24/h10-11,17,20-21,26H,5-9,12-16H2,1-4H3/t20-,21-/m1/s1. The summed E-state index contributed by atoms with van der Waals surface area (Å²) in [4.78, 5) is 5.17. The Bertz CT molecular complexity index is 611. The maximum atomic E-state index is 9.93. The third-order valence-electron chi connectivity index (χ3n) is 6.53. The fraction of sp³-hybridized carbons (Fsp3) is 0.739. The molecule has 0 saturated carbocycles. The molecule has 152 valence electrons. The molecule has 0 aromatic heterocycles. The molecule has 2 fully saturated rings. The molecule has 2 atom stereocenters. The Morgan fingerprint density at radius 2 is 1.78 bits per heavy atom. The van der Waals surface area contributed by atoms with E-state index in [-0.39, 0.29) is 0 Å². The van der Waals surface area contributed by atoms with E-state index in [0.717, 1.165) is 31.9 Å². The molecular formula is C23H38N2O2. The Labute approximate surface area is 165 Å². The van der Waals surface area contributed by atoms with Crippen LogP contribution in [0.4, 0.5) is 0 Å². The first-order valence-corrected chi connectivity index (χ1v) is 10.7. The van der Waals surface area contributed by atoms with Crippen LogP contribution in [-0.4, -0.2) is 61.3 Å². The molecule has 2 saturated heterocycles. The predicted molar refractivity (Wildman–Crippen MR) is 111 cm³/mol. The van der Waals surface area contributed by atoms with E-state index in [1.54, 1.807) is 7.11 Å². The first-order chi connectivity index (χ1) is 13.0. The van der Waals surface area contributed by atoms with E-state index < -0.39 is 0 Å². The van der Waals surface area contributed by atoms with Crippen LogP contribution in [0.15, 0.2) is 12.1 Å². The van der Waals surface area contributed by atoms with Gasteiger partial charge < -0.3 is 14.7 Å². The smallest absolute Gasteiger partial charge is 0.122 e. The molecule has 2 aliphatic rings. The van der Waals surface area contributed by atoms with Crippen molar-refractivity contribution in [3.8, 4) is 5.75 Å². The Morgan fingerprint density at radius 1 is 1.07 bits per heavy atom. The van der Waals surface area contributed by atoms with Crippen LogP contribution in [0, 0.1) is 18.8 Å². The number of nitrogens with zero attached hydrogens (tertiary/aromatic N) is 2. The van der Waals surface area contributed by atoms with E-state index in [1.807, 2.05) is 0 Å². The normalized spacial score (nSPS) is 24.7. The van der Waals surface area contributed by atoms with Crippen molar-refractivity contribution >= 4 is 0 Å². The number of aliphatic hydroxyl groups is 1. The first-order valence-electron chi connectivity index (χ1n) is 10.7. The van der Waals surface area contributed by atoms with Crippen LogP contribution in [0.2, 0.25) is 0 Å². The molecule has 4 heteroatoms. The molecule has 2 aliphatic heterocycles. The van der Waals surface area contributed by atoms with Crippen molar-refractivity contribution in [2.24, 2.45) is 11.8 Å². The minimum Gasteiger partial charge on any atom is -0.496 e. The van der Waals surface area contributed by atoms with Gasteiger partial charge in [-0.15, -0.1) is 0 Å². The van der Waals surface area contributed by atoms with Crippen molar-refractivity contribution in [3.05, 3.63) is 28.8 Å². The number of aryl methyl sites for hydroxylation is 1. The minimum absolute atomic E-state index is 0.313. The fourth-order valence-electron chi connectivity index (χ4n) is 4.84. The quantitative estimate of drug-likeness (QED) is 0.790. The van der Waals surface area contributed by atoms with Crippen molar-refractivity contribution in [1.82, 2.24) is 9.80 Å². The minimum atomic E-state index is 0.313. The molecule has 0 spiro atoms. The fourth-order valence-corrected chi connectivity index (χ4v) is 4.84. The first kappa shape index (κ1) is 20.6. The summed E-state index contributed by atoms with van der Waals surface area (Å²) in [6, 6.07) is 4.53. The predicted octanol–water partition coefficient (Wildman–Crippen LogP) is 3.65. The van der Waals surface area contributed by atoms with Gasteiger partial charge in [0.25, 0.3) is 0 Å². The molecule has 2 heterocycles. The number of likely N-dealkylation sites (tertiary alicyclic amines) is 2. The maximum Gasteiger partial charge on any atom is 0.122 e. The number of hydrogen-bond acceptors (Lipinski definition) is 4.